The number of nitrogens with two attached hydrogens (primary N) is 1. The molecule has 3 nitrogen and oxygen atoms in total. The van der Waals surface area contributed by atoms with Crippen LogP contribution in [-0.4, -0.2) is 19.8 Å². The van der Waals surface area contributed by atoms with Gasteiger partial charge in [-0.3, -0.25) is 0 Å². The van der Waals surface area contributed by atoms with E-state index in [1.54, 1.807) is 11.3 Å². The van der Waals surface area contributed by atoms with Crippen molar-refractivity contribution in [3.8, 4) is 0 Å². The zero-order valence-electron chi connectivity index (χ0n) is 9.29. The van der Waals surface area contributed by atoms with Crippen molar-refractivity contribution in [3.05, 3.63) is 16.3 Å². The molecule has 1 aromatic heterocycles. The van der Waals surface area contributed by atoms with Crippen LogP contribution in [0.4, 0.5) is 5.69 Å². The fraction of sp³-hybridized carbons (Fsp3) is 0.636. The largest absolute Gasteiger partial charge is 0.398 e. The molecule has 4 heteroatoms. The monoisotopic (exact) mass is 228 g/mol. The lowest BCUT2D eigenvalue weighted by molar-refractivity contribution is 0.133. The summed E-state index contributed by atoms with van der Waals surface area (Å²) in [5.74, 6) is 0. The van der Waals surface area contributed by atoms with Crippen LogP contribution in [0.15, 0.2) is 11.4 Å². The lowest BCUT2D eigenvalue weighted by Crippen LogP contribution is -2.19. The van der Waals surface area contributed by atoms with Crippen LogP contribution < -0.4 is 11.1 Å². The molecule has 3 N–H and O–H groups in total. The first-order chi connectivity index (χ1) is 7.34. The molecule has 0 bridgehead atoms. The molecule has 0 fully saturated rings. The van der Waals surface area contributed by atoms with Gasteiger partial charge >= 0.3 is 0 Å². The highest BCUT2D eigenvalue weighted by Gasteiger charge is 1.98. The van der Waals surface area contributed by atoms with Crippen molar-refractivity contribution >= 4 is 17.0 Å². The van der Waals surface area contributed by atoms with Gasteiger partial charge in [-0.25, -0.2) is 0 Å². The van der Waals surface area contributed by atoms with Crippen molar-refractivity contribution in [1.29, 1.82) is 0 Å². The second-order valence-corrected chi connectivity index (χ2v) is 4.44. The van der Waals surface area contributed by atoms with Crippen molar-refractivity contribution in [1.82, 2.24) is 5.32 Å². The summed E-state index contributed by atoms with van der Waals surface area (Å²) < 4.78 is 5.43. The first-order valence-corrected chi connectivity index (χ1v) is 6.33. The summed E-state index contributed by atoms with van der Waals surface area (Å²) in [7, 11) is 0. The van der Waals surface area contributed by atoms with Crippen LogP contribution in [0.2, 0.25) is 0 Å². The lowest BCUT2D eigenvalue weighted by atomic mass is 10.4. The summed E-state index contributed by atoms with van der Waals surface area (Å²) in [5, 5.41) is 5.33. The molecule has 1 rings (SSSR count). The number of hydrogen-bond acceptors (Lipinski definition) is 4. The van der Waals surface area contributed by atoms with Crippen LogP contribution in [0, 0.1) is 0 Å². The van der Waals surface area contributed by atoms with Crippen molar-refractivity contribution in [2.75, 3.05) is 25.5 Å². The predicted octanol–water partition coefficient (Wildman–Crippen LogP) is 2.24. The molecule has 0 amide bonds. The normalized spacial score (nSPS) is 10.7. The number of nitrogens with one attached hydrogen (secondary N) is 1. The average Bonchev–Trinajstić information content (AvgIpc) is 2.63. The minimum atomic E-state index is 0.783. The fourth-order valence-corrected chi connectivity index (χ4v) is 1.96. The maximum absolute atomic E-state index is 5.76. The molecule has 0 saturated carbocycles. The van der Waals surface area contributed by atoms with Crippen molar-refractivity contribution in [3.63, 3.8) is 0 Å². The Balaban J connectivity index is 1.96. The van der Waals surface area contributed by atoms with Gasteiger partial charge in [0.05, 0.1) is 6.61 Å². The highest BCUT2D eigenvalue weighted by Crippen LogP contribution is 2.17. The Labute approximate surface area is 95.6 Å². The topological polar surface area (TPSA) is 47.3 Å². The Morgan fingerprint density at radius 2 is 2.33 bits per heavy atom. The van der Waals surface area contributed by atoms with Crippen LogP contribution in [0.1, 0.15) is 24.6 Å². The maximum atomic E-state index is 5.76. The van der Waals surface area contributed by atoms with E-state index < -0.39 is 0 Å². The molecule has 0 atom stereocenters. The number of hydrogen-bond donors (Lipinski definition) is 2. The molecule has 1 aromatic rings. The van der Waals surface area contributed by atoms with Gasteiger partial charge in [-0.1, -0.05) is 13.3 Å². The smallest absolute Gasteiger partial charge is 0.0591 e. The number of thiophene rings is 1. The Bertz CT molecular complexity index is 263. The van der Waals surface area contributed by atoms with Crippen molar-refractivity contribution in [2.24, 2.45) is 0 Å². The van der Waals surface area contributed by atoms with Gasteiger partial charge in [-0.15, -0.1) is 11.3 Å². The molecule has 0 aliphatic carbocycles. The predicted molar refractivity (Wildman–Crippen MR) is 66.2 cm³/mol. The highest BCUT2D eigenvalue weighted by molar-refractivity contribution is 7.10. The molecule has 0 aromatic carbocycles. The van der Waals surface area contributed by atoms with Crippen LogP contribution in [0.3, 0.4) is 0 Å². The van der Waals surface area contributed by atoms with Gasteiger partial charge in [0.1, 0.15) is 0 Å². The Morgan fingerprint density at radius 1 is 1.47 bits per heavy atom. The Morgan fingerprint density at radius 3 is 3.00 bits per heavy atom. The van der Waals surface area contributed by atoms with E-state index in [0.717, 1.165) is 38.4 Å². The third-order valence-electron chi connectivity index (χ3n) is 2.13. The lowest BCUT2D eigenvalue weighted by Gasteiger charge is -2.05. The maximum Gasteiger partial charge on any atom is 0.0591 e. The van der Waals surface area contributed by atoms with Gasteiger partial charge in [-0.2, -0.15) is 0 Å². The van der Waals surface area contributed by atoms with Crippen molar-refractivity contribution in [2.45, 2.75) is 26.3 Å². The molecule has 1 heterocycles. The molecule has 0 saturated heterocycles. The fourth-order valence-electron chi connectivity index (χ4n) is 1.19. The van der Waals surface area contributed by atoms with Crippen LogP contribution in [-0.2, 0) is 11.3 Å². The molecule has 86 valence electrons. The van der Waals surface area contributed by atoms with Crippen molar-refractivity contribution < 1.29 is 4.74 Å². The summed E-state index contributed by atoms with van der Waals surface area (Å²) in [6.45, 7) is 5.56. The second-order valence-electron chi connectivity index (χ2n) is 3.44. The van der Waals surface area contributed by atoms with Gasteiger partial charge in [0, 0.05) is 30.3 Å². The van der Waals surface area contributed by atoms with Crippen LogP contribution in [0.25, 0.3) is 0 Å². The third-order valence-corrected chi connectivity index (χ3v) is 3.07. The molecule has 0 spiro atoms. The zero-order chi connectivity index (χ0) is 10.9. The van der Waals surface area contributed by atoms with E-state index in [-0.39, 0.29) is 0 Å². The van der Waals surface area contributed by atoms with Gasteiger partial charge in [0.15, 0.2) is 0 Å². The SMILES string of the molecule is CCCCOCCNCc1sccc1N. The van der Waals surface area contributed by atoms with E-state index in [1.165, 1.54) is 11.3 Å². The van der Waals surface area contributed by atoms with Gasteiger partial charge in [-0.05, 0) is 17.9 Å². The minimum Gasteiger partial charge on any atom is -0.398 e. The number of unbranched alkanes of at least 4 members (excludes halogenated alkanes) is 1. The number of ether oxygens (including phenoxy) is 1. The summed E-state index contributed by atoms with van der Waals surface area (Å²) in [6.07, 6.45) is 2.34. The van der Waals surface area contributed by atoms with E-state index in [9.17, 15) is 0 Å². The van der Waals surface area contributed by atoms with Gasteiger partial charge in [0.2, 0.25) is 0 Å². The summed E-state index contributed by atoms with van der Waals surface area (Å²) in [4.78, 5) is 1.21. The molecule has 0 aliphatic heterocycles. The second kappa shape index (κ2) is 7.68. The van der Waals surface area contributed by atoms with Gasteiger partial charge < -0.3 is 15.8 Å². The highest BCUT2D eigenvalue weighted by atomic mass is 32.1. The minimum absolute atomic E-state index is 0.783. The van der Waals surface area contributed by atoms with E-state index in [4.69, 9.17) is 10.5 Å². The molecule has 0 unspecified atom stereocenters. The van der Waals surface area contributed by atoms with E-state index in [2.05, 4.69) is 12.2 Å². The summed E-state index contributed by atoms with van der Waals surface area (Å²) in [5.41, 5.74) is 6.65. The van der Waals surface area contributed by atoms with E-state index in [0.29, 0.717) is 0 Å². The standard InChI is InChI=1S/C11H20N2OS/c1-2-3-6-14-7-5-13-9-11-10(12)4-8-15-11/h4,8,13H,2-3,5-7,9,12H2,1H3. The molecule has 15 heavy (non-hydrogen) atoms. The number of rotatable bonds is 8. The van der Waals surface area contributed by atoms with E-state index in [1.807, 2.05) is 11.4 Å². The summed E-state index contributed by atoms with van der Waals surface area (Å²) >= 11 is 1.69. The Hall–Kier alpha value is -0.580. The number of anilines is 1. The third kappa shape index (κ3) is 5.16. The zero-order valence-corrected chi connectivity index (χ0v) is 10.1. The first kappa shape index (κ1) is 12.5. The molecule has 0 aliphatic rings. The Kier molecular flexibility index (Phi) is 6.39. The molecular formula is C11H20N2OS. The quantitative estimate of drug-likeness (QED) is 0.671. The van der Waals surface area contributed by atoms with Gasteiger partial charge in [0.25, 0.3) is 0 Å². The van der Waals surface area contributed by atoms with E-state index >= 15 is 0 Å². The van der Waals surface area contributed by atoms with Crippen LogP contribution in [0.5, 0.6) is 0 Å². The first-order valence-electron chi connectivity index (χ1n) is 5.45. The molecule has 0 radical (unpaired) electrons. The average molecular weight is 228 g/mol. The van der Waals surface area contributed by atoms with Crippen LogP contribution >= 0.6 is 11.3 Å². The molecular weight excluding hydrogens is 208 g/mol. The summed E-state index contributed by atoms with van der Waals surface area (Å²) in [6, 6.07) is 1.94. The number of nitrogen functional groups attached to an aromatic ring is 1.